The van der Waals surface area contributed by atoms with Gasteiger partial charge >= 0.3 is 0 Å². The first kappa shape index (κ1) is 14.5. The molecule has 1 unspecified atom stereocenters. The lowest BCUT2D eigenvalue weighted by atomic mass is 9.84. The average molecular weight is 238 g/mol. The number of rotatable bonds is 1. The van der Waals surface area contributed by atoms with E-state index in [1.54, 1.807) is 0 Å². The van der Waals surface area contributed by atoms with Crippen LogP contribution in [0.2, 0.25) is 0 Å². The highest BCUT2D eigenvalue weighted by atomic mass is 16.3. The summed E-state index contributed by atoms with van der Waals surface area (Å²) in [5.74, 6) is 0.493. The summed E-state index contributed by atoms with van der Waals surface area (Å²) in [6.45, 7) is 8.11. The summed E-state index contributed by atoms with van der Waals surface area (Å²) in [7, 11) is 0. The topological polar surface area (TPSA) is 40.5 Å². The van der Waals surface area contributed by atoms with Gasteiger partial charge in [0.2, 0.25) is 0 Å². The van der Waals surface area contributed by atoms with Gasteiger partial charge in [0.1, 0.15) is 0 Å². The van der Waals surface area contributed by atoms with Gasteiger partial charge in [-0.05, 0) is 39.0 Å². The van der Waals surface area contributed by atoms with Crippen LogP contribution >= 0.6 is 0 Å². The van der Waals surface area contributed by atoms with E-state index >= 15 is 0 Å². The van der Waals surface area contributed by atoms with Gasteiger partial charge in [0, 0.05) is 5.92 Å². The molecule has 1 rings (SSSR count). The Morgan fingerprint density at radius 3 is 2.65 bits per heavy atom. The Morgan fingerprint density at radius 1 is 1.41 bits per heavy atom. The molecule has 0 saturated heterocycles. The van der Waals surface area contributed by atoms with Crippen molar-refractivity contribution in [3.8, 4) is 0 Å². The van der Waals surface area contributed by atoms with E-state index < -0.39 is 5.60 Å². The molecule has 0 saturated carbocycles. The predicted octanol–water partition coefficient (Wildman–Crippen LogP) is 3.06. The van der Waals surface area contributed by atoms with Crippen molar-refractivity contribution in [2.24, 2.45) is 11.8 Å². The summed E-state index contributed by atoms with van der Waals surface area (Å²) in [5, 5.41) is 20.4. The summed E-state index contributed by atoms with van der Waals surface area (Å²) >= 11 is 0. The van der Waals surface area contributed by atoms with E-state index in [2.05, 4.69) is 26.8 Å². The average Bonchev–Trinajstić information content (AvgIpc) is 2.15. The van der Waals surface area contributed by atoms with Crippen LogP contribution in [0.3, 0.4) is 0 Å². The van der Waals surface area contributed by atoms with E-state index in [4.69, 9.17) is 0 Å². The molecule has 0 amide bonds. The van der Waals surface area contributed by atoms with E-state index in [0.717, 1.165) is 19.3 Å². The van der Waals surface area contributed by atoms with Gasteiger partial charge in [-0.2, -0.15) is 0 Å². The smallest absolute Gasteiger partial charge is 0.0802 e. The minimum Gasteiger partial charge on any atom is -0.392 e. The van der Waals surface area contributed by atoms with Gasteiger partial charge in [-0.3, -0.25) is 0 Å². The van der Waals surface area contributed by atoms with Crippen LogP contribution in [0.1, 0.15) is 47.0 Å². The quantitative estimate of drug-likeness (QED) is 0.689. The molecule has 1 aliphatic carbocycles. The van der Waals surface area contributed by atoms with Gasteiger partial charge in [0.15, 0.2) is 0 Å². The molecular weight excluding hydrogens is 212 g/mol. The van der Waals surface area contributed by atoms with Gasteiger partial charge in [-0.25, -0.2) is 0 Å². The largest absolute Gasteiger partial charge is 0.392 e. The summed E-state index contributed by atoms with van der Waals surface area (Å²) in [6.07, 6.45) is 7.97. The zero-order valence-electron chi connectivity index (χ0n) is 11.5. The van der Waals surface area contributed by atoms with Crippen LogP contribution in [0.4, 0.5) is 0 Å². The van der Waals surface area contributed by atoms with E-state index in [0.29, 0.717) is 5.92 Å². The second-order valence-electron chi connectivity index (χ2n) is 5.90. The van der Waals surface area contributed by atoms with Crippen LogP contribution in [0.25, 0.3) is 0 Å². The number of hydrogen-bond acceptors (Lipinski definition) is 2. The molecule has 3 atom stereocenters. The first-order chi connectivity index (χ1) is 7.82. The van der Waals surface area contributed by atoms with Crippen molar-refractivity contribution in [1.29, 1.82) is 0 Å². The maximum atomic E-state index is 10.2. The maximum absolute atomic E-state index is 10.2. The number of aliphatic hydroxyl groups is 2. The van der Waals surface area contributed by atoms with E-state index in [9.17, 15) is 10.2 Å². The van der Waals surface area contributed by atoms with E-state index in [1.165, 1.54) is 5.57 Å². The zero-order chi connectivity index (χ0) is 13.1. The second kappa shape index (κ2) is 5.83. The Labute approximate surface area is 105 Å². The molecule has 98 valence electrons. The van der Waals surface area contributed by atoms with E-state index in [-0.39, 0.29) is 12.0 Å². The summed E-state index contributed by atoms with van der Waals surface area (Å²) in [4.78, 5) is 0. The molecule has 0 radical (unpaired) electrons. The Bertz CT molecular complexity index is 300. The molecule has 2 N–H and O–H groups in total. The monoisotopic (exact) mass is 238 g/mol. The van der Waals surface area contributed by atoms with Crippen molar-refractivity contribution in [3.63, 3.8) is 0 Å². The van der Waals surface area contributed by atoms with Crippen molar-refractivity contribution in [3.05, 3.63) is 23.8 Å². The molecular formula is C15H26O2. The van der Waals surface area contributed by atoms with E-state index in [1.807, 2.05) is 19.1 Å². The molecule has 0 aliphatic heterocycles. The fourth-order valence-corrected chi connectivity index (χ4v) is 2.36. The van der Waals surface area contributed by atoms with Crippen LogP contribution in [-0.4, -0.2) is 21.9 Å². The van der Waals surface area contributed by atoms with Crippen LogP contribution < -0.4 is 0 Å². The molecule has 0 heterocycles. The molecule has 0 aromatic carbocycles. The number of aliphatic hydroxyl groups excluding tert-OH is 1. The predicted molar refractivity (Wildman–Crippen MR) is 71.7 cm³/mol. The highest BCUT2D eigenvalue weighted by Crippen LogP contribution is 2.26. The normalized spacial score (nSPS) is 40.8. The summed E-state index contributed by atoms with van der Waals surface area (Å²) in [6, 6.07) is 0. The van der Waals surface area contributed by atoms with Crippen LogP contribution in [0.5, 0.6) is 0 Å². The zero-order valence-corrected chi connectivity index (χ0v) is 11.5. The first-order valence-electron chi connectivity index (χ1n) is 6.57. The lowest BCUT2D eigenvalue weighted by Gasteiger charge is -2.27. The van der Waals surface area contributed by atoms with Gasteiger partial charge in [0.25, 0.3) is 0 Å². The third-order valence-corrected chi connectivity index (χ3v) is 3.57. The molecule has 0 aromatic rings. The number of hydrogen-bond donors (Lipinski definition) is 2. The molecule has 2 nitrogen and oxygen atoms in total. The Balaban J connectivity index is 2.93. The Kier molecular flexibility index (Phi) is 4.96. The van der Waals surface area contributed by atoms with Gasteiger partial charge in [0.05, 0.1) is 11.7 Å². The minimum atomic E-state index is -0.763. The third kappa shape index (κ3) is 4.64. The van der Waals surface area contributed by atoms with Gasteiger partial charge in [-0.1, -0.05) is 37.6 Å². The molecule has 0 fully saturated rings. The molecule has 2 heteroatoms. The summed E-state index contributed by atoms with van der Waals surface area (Å²) in [5.41, 5.74) is 0.454. The summed E-state index contributed by atoms with van der Waals surface area (Å²) < 4.78 is 0. The van der Waals surface area contributed by atoms with Gasteiger partial charge in [-0.15, -0.1) is 0 Å². The fraction of sp³-hybridized carbons (Fsp3) is 0.733. The van der Waals surface area contributed by atoms with Crippen molar-refractivity contribution >= 4 is 0 Å². The van der Waals surface area contributed by atoms with Crippen molar-refractivity contribution < 1.29 is 10.2 Å². The molecule has 0 bridgehead atoms. The van der Waals surface area contributed by atoms with Crippen molar-refractivity contribution in [2.75, 3.05) is 0 Å². The van der Waals surface area contributed by atoms with Gasteiger partial charge < -0.3 is 10.2 Å². The third-order valence-electron chi connectivity index (χ3n) is 3.57. The lowest BCUT2D eigenvalue weighted by molar-refractivity contribution is 0.0909. The first-order valence-corrected chi connectivity index (χ1v) is 6.57. The molecule has 0 aromatic heterocycles. The standard InChI is InChI=1S/C15H26O2/c1-11(2)13-7-9-15(4,17)8-5-6-12(3)10-14(13)16/h6-7,9,11,13-14,16-17H,5,8,10H2,1-4H3/b9-7+,12-6+/t13-,14+,15?/m1/s1. The molecule has 17 heavy (non-hydrogen) atoms. The van der Waals surface area contributed by atoms with Crippen LogP contribution in [0.15, 0.2) is 23.8 Å². The SMILES string of the molecule is C/C1=C\CCC(C)(O)/C=C/[C@H](C(C)C)[C@@H](O)C1. The van der Waals surface area contributed by atoms with Crippen LogP contribution in [0, 0.1) is 11.8 Å². The highest BCUT2D eigenvalue weighted by Gasteiger charge is 2.23. The van der Waals surface area contributed by atoms with Crippen LogP contribution in [-0.2, 0) is 0 Å². The fourth-order valence-electron chi connectivity index (χ4n) is 2.36. The maximum Gasteiger partial charge on any atom is 0.0802 e. The minimum absolute atomic E-state index is 0.114. The highest BCUT2D eigenvalue weighted by molar-refractivity contribution is 5.09. The van der Waals surface area contributed by atoms with Crippen molar-refractivity contribution in [2.45, 2.75) is 58.7 Å². The Morgan fingerprint density at radius 2 is 2.06 bits per heavy atom. The second-order valence-corrected chi connectivity index (χ2v) is 5.90. The molecule has 0 spiro atoms. The lowest BCUT2D eigenvalue weighted by Crippen LogP contribution is -2.27. The van der Waals surface area contributed by atoms with Crippen molar-refractivity contribution in [1.82, 2.24) is 0 Å². The number of allylic oxidation sites excluding steroid dienone is 1. The molecule has 1 aliphatic rings. The Hall–Kier alpha value is -0.600.